The number of amides is 3. The Morgan fingerprint density at radius 1 is 1.18 bits per heavy atom. The molecular weight excluding hydrogens is 354 g/mol. The number of primary amides is 1. The zero-order chi connectivity index (χ0) is 19.5. The van der Waals surface area contributed by atoms with E-state index >= 15 is 0 Å². The number of nitrogens with two attached hydrogens (primary N) is 1. The lowest BCUT2D eigenvalue weighted by atomic mass is 9.81. The highest BCUT2D eigenvalue weighted by atomic mass is 16.2. The van der Waals surface area contributed by atoms with Crippen LogP contribution in [-0.4, -0.2) is 46.4 Å². The van der Waals surface area contributed by atoms with Gasteiger partial charge in [-0.25, -0.2) is 9.78 Å². The molecule has 4 N–H and O–H groups in total. The Morgan fingerprint density at radius 3 is 2.71 bits per heavy atom. The van der Waals surface area contributed by atoms with Gasteiger partial charge in [-0.3, -0.25) is 4.79 Å². The molecule has 1 aliphatic heterocycles. The second kappa shape index (κ2) is 8.20. The highest BCUT2D eigenvalue weighted by Gasteiger charge is 2.29. The first-order valence-corrected chi connectivity index (χ1v) is 10.4. The van der Waals surface area contributed by atoms with Crippen LogP contribution in [0.1, 0.15) is 50.3 Å². The molecule has 4 rings (SSSR count). The zero-order valence-electron chi connectivity index (χ0n) is 16.2. The van der Waals surface area contributed by atoms with E-state index in [2.05, 4.69) is 16.4 Å². The number of benzene rings is 1. The van der Waals surface area contributed by atoms with Crippen molar-refractivity contribution in [3.8, 4) is 0 Å². The van der Waals surface area contributed by atoms with E-state index < -0.39 is 6.03 Å². The normalized spacial score (nSPS) is 25.6. The summed E-state index contributed by atoms with van der Waals surface area (Å²) in [7, 11) is 0. The van der Waals surface area contributed by atoms with Gasteiger partial charge in [-0.05, 0) is 56.6 Å². The van der Waals surface area contributed by atoms with Crippen molar-refractivity contribution >= 4 is 23.0 Å². The van der Waals surface area contributed by atoms with Crippen LogP contribution in [0, 0.1) is 11.8 Å². The highest BCUT2D eigenvalue weighted by molar-refractivity contribution is 5.80. The Morgan fingerprint density at radius 2 is 1.96 bits per heavy atom. The van der Waals surface area contributed by atoms with Crippen molar-refractivity contribution in [2.24, 2.45) is 17.6 Å². The van der Waals surface area contributed by atoms with E-state index in [1.807, 2.05) is 18.2 Å². The maximum Gasteiger partial charge on any atom is 0.314 e. The van der Waals surface area contributed by atoms with Gasteiger partial charge >= 0.3 is 6.03 Å². The van der Waals surface area contributed by atoms with Crippen LogP contribution in [0.5, 0.6) is 0 Å². The molecule has 2 aliphatic rings. The number of aromatic nitrogens is 2. The lowest BCUT2D eigenvalue weighted by Gasteiger charge is -2.32. The summed E-state index contributed by atoms with van der Waals surface area (Å²) >= 11 is 0. The second-order valence-corrected chi connectivity index (χ2v) is 8.23. The van der Waals surface area contributed by atoms with Crippen molar-refractivity contribution in [1.82, 2.24) is 20.2 Å². The van der Waals surface area contributed by atoms with Crippen LogP contribution in [0.25, 0.3) is 11.0 Å². The predicted octanol–water partition coefficient (Wildman–Crippen LogP) is 2.74. The second-order valence-electron chi connectivity index (χ2n) is 8.23. The standard InChI is InChI=1S/C21H29N5O2/c22-21(28)26-11-3-4-16(13-26)20(27)23-12-14-7-9-15(10-8-14)19-24-17-5-1-2-6-18(17)25-19/h1-2,5-6,14-16H,3-4,7-13H2,(H2,22,28)(H,23,27)(H,24,25)/t14?,15?,16-/m1/s1. The average Bonchev–Trinajstić information content (AvgIpc) is 3.16. The van der Waals surface area contributed by atoms with Crippen molar-refractivity contribution in [2.75, 3.05) is 19.6 Å². The molecular formula is C21H29N5O2. The van der Waals surface area contributed by atoms with E-state index in [1.165, 1.54) is 0 Å². The first kappa shape index (κ1) is 18.8. The molecule has 0 unspecified atom stereocenters. The lowest BCUT2D eigenvalue weighted by molar-refractivity contribution is -0.126. The van der Waals surface area contributed by atoms with Gasteiger partial charge in [0.25, 0.3) is 0 Å². The van der Waals surface area contributed by atoms with Crippen molar-refractivity contribution in [3.63, 3.8) is 0 Å². The van der Waals surface area contributed by atoms with Gasteiger partial charge in [0, 0.05) is 25.6 Å². The Labute approximate surface area is 165 Å². The smallest absolute Gasteiger partial charge is 0.314 e. The average molecular weight is 383 g/mol. The maximum absolute atomic E-state index is 12.5. The summed E-state index contributed by atoms with van der Waals surface area (Å²) in [5.74, 6) is 2.01. The SMILES string of the molecule is NC(=O)N1CCC[C@@H](C(=O)NCC2CCC(c3nc4ccccc4[nH]3)CC2)C1. The van der Waals surface area contributed by atoms with E-state index in [1.54, 1.807) is 4.90 Å². The molecule has 0 spiro atoms. The molecule has 1 saturated carbocycles. The zero-order valence-corrected chi connectivity index (χ0v) is 16.2. The minimum atomic E-state index is -0.429. The van der Waals surface area contributed by atoms with Crippen molar-refractivity contribution in [1.29, 1.82) is 0 Å². The number of para-hydroxylation sites is 2. The number of aromatic amines is 1. The molecule has 1 aromatic carbocycles. The van der Waals surface area contributed by atoms with E-state index in [-0.39, 0.29) is 11.8 Å². The van der Waals surface area contributed by atoms with Gasteiger partial charge in [0.1, 0.15) is 5.82 Å². The summed E-state index contributed by atoms with van der Waals surface area (Å²) in [5.41, 5.74) is 7.49. The van der Waals surface area contributed by atoms with E-state index in [0.717, 1.165) is 61.9 Å². The third-order valence-electron chi connectivity index (χ3n) is 6.31. The number of rotatable bonds is 4. The number of piperidine rings is 1. The Bertz CT molecular complexity index is 807. The fourth-order valence-corrected chi connectivity index (χ4v) is 4.59. The van der Waals surface area contributed by atoms with E-state index in [9.17, 15) is 9.59 Å². The summed E-state index contributed by atoms with van der Waals surface area (Å²) in [6.07, 6.45) is 6.05. The molecule has 7 heteroatoms. The van der Waals surface area contributed by atoms with Gasteiger partial charge in [-0.1, -0.05) is 12.1 Å². The molecule has 2 heterocycles. The van der Waals surface area contributed by atoms with E-state index in [0.29, 0.717) is 24.9 Å². The molecule has 0 bridgehead atoms. The van der Waals surface area contributed by atoms with Crippen LogP contribution in [0.2, 0.25) is 0 Å². The minimum Gasteiger partial charge on any atom is -0.356 e. The number of fused-ring (bicyclic) bond motifs is 1. The Balaban J connectivity index is 1.24. The highest BCUT2D eigenvalue weighted by Crippen LogP contribution is 2.35. The molecule has 2 aromatic rings. The van der Waals surface area contributed by atoms with Crippen LogP contribution in [0.3, 0.4) is 0 Å². The van der Waals surface area contributed by atoms with Gasteiger partial charge in [0.15, 0.2) is 0 Å². The fourth-order valence-electron chi connectivity index (χ4n) is 4.59. The van der Waals surface area contributed by atoms with Crippen LogP contribution in [0.15, 0.2) is 24.3 Å². The molecule has 7 nitrogen and oxygen atoms in total. The monoisotopic (exact) mass is 383 g/mol. The van der Waals surface area contributed by atoms with Gasteiger partial charge in [0.2, 0.25) is 5.91 Å². The van der Waals surface area contributed by atoms with Crippen LogP contribution < -0.4 is 11.1 Å². The molecule has 2 fully saturated rings. The fraction of sp³-hybridized carbons (Fsp3) is 0.571. The number of hydrogen-bond donors (Lipinski definition) is 3. The summed E-state index contributed by atoms with van der Waals surface area (Å²) in [6.45, 7) is 1.82. The number of hydrogen-bond acceptors (Lipinski definition) is 3. The van der Waals surface area contributed by atoms with Crippen molar-refractivity contribution < 1.29 is 9.59 Å². The number of imidazole rings is 1. The van der Waals surface area contributed by atoms with Crippen LogP contribution in [-0.2, 0) is 4.79 Å². The number of H-pyrrole nitrogens is 1. The predicted molar refractivity (Wildman–Crippen MR) is 108 cm³/mol. The first-order valence-electron chi connectivity index (χ1n) is 10.4. The summed E-state index contributed by atoms with van der Waals surface area (Å²) in [4.78, 5) is 33.6. The number of nitrogens with one attached hydrogen (secondary N) is 2. The number of likely N-dealkylation sites (tertiary alicyclic amines) is 1. The molecule has 1 atom stereocenters. The molecule has 3 amide bonds. The molecule has 1 aliphatic carbocycles. The Hall–Kier alpha value is -2.57. The van der Waals surface area contributed by atoms with Crippen LogP contribution in [0.4, 0.5) is 4.79 Å². The van der Waals surface area contributed by atoms with Gasteiger partial charge < -0.3 is 20.9 Å². The topological polar surface area (TPSA) is 104 Å². The minimum absolute atomic E-state index is 0.0605. The lowest BCUT2D eigenvalue weighted by Crippen LogP contribution is -2.47. The first-order chi connectivity index (χ1) is 13.6. The van der Waals surface area contributed by atoms with Gasteiger partial charge in [-0.15, -0.1) is 0 Å². The molecule has 150 valence electrons. The van der Waals surface area contributed by atoms with Gasteiger partial charge in [-0.2, -0.15) is 0 Å². The third kappa shape index (κ3) is 4.13. The summed E-state index contributed by atoms with van der Waals surface area (Å²) in [6, 6.07) is 7.72. The molecule has 1 saturated heterocycles. The van der Waals surface area contributed by atoms with Gasteiger partial charge in [0.05, 0.1) is 17.0 Å². The number of carbonyl (C=O) groups excluding carboxylic acids is 2. The number of urea groups is 1. The summed E-state index contributed by atoms with van der Waals surface area (Å²) < 4.78 is 0. The van der Waals surface area contributed by atoms with Crippen molar-refractivity contribution in [3.05, 3.63) is 30.1 Å². The van der Waals surface area contributed by atoms with Crippen LogP contribution >= 0.6 is 0 Å². The largest absolute Gasteiger partial charge is 0.356 e. The number of nitrogens with zero attached hydrogens (tertiary/aromatic N) is 2. The Kier molecular flexibility index (Phi) is 5.50. The molecule has 28 heavy (non-hydrogen) atoms. The molecule has 0 radical (unpaired) electrons. The number of carbonyl (C=O) groups is 2. The van der Waals surface area contributed by atoms with Crippen molar-refractivity contribution in [2.45, 2.75) is 44.4 Å². The van der Waals surface area contributed by atoms with E-state index in [4.69, 9.17) is 10.7 Å². The third-order valence-corrected chi connectivity index (χ3v) is 6.31. The quantitative estimate of drug-likeness (QED) is 0.756. The summed E-state index contributed by atoms with van der Waals surface area (Å²) in [5, 5.41) is 3.12. The maximum atomic E-state index is 12.5. The molecule has 1 aromatic heterocycles.